The Hall–Kier alpha value is -1.15. The summed E-state index contributed by atoms with van der Waals surface area (Å²) in [5.74, 6) is 0.779. The van der Waals surface area contributed by atoms with Crippen molar-refractivity contribution in [2.75, 3.05) is 11.9 Å². The Morgan fingerprint density at radius 1 is 1.75 bits per heavy atom. The monoisotopic (exact) mass is 182 g/mol. The molecule has 1 aromatic heterocycles. The van der Waals surface area contributed by atoms with E-state index in [4.69, 9.17) is 5.26 Å². The number of rotatable bonds is 3. The van der Waals surface area contributed by atoms with Gasteiger partial charge in [-0.15, -0.1) is 0 Å². The number of aromatic nitrogens is 2. The molecule has 1 heterocycles. The maximum Gasteiger partial charge on any atom is 0.202 e. The van der Waals surface area contributed by atoms with Gasteiger partial charge in [0, 0.05) is 18.1 Å². The highest BCUT2D eigenvalue weighted by molar-refractivity contribution is 7.09. The second-order valence-corrected chi connectivity index (χ2v) is 3.31. The van der Waals surface area contributed by atoms with E-state index >= 15 is 0 Å². The number of nitriles is 1. The molecule has 0 saturated carbocycles. The second kappa shape index (κ2) is 4.02. The number of nitrogens with one attached hydrogen (secondary N) is 1. The lowest BCUT2D eigenvalue weighted by molar-refractivity contribution is 0.785. The molecule has 0 aliphatic carbocycles. The molecule has 0 radical (unpaired) electrons. The van der Waals surface area contributed by atoms with E-state index in [9.17, 15) is 0 Å². The summed E-state index contributed by atoms with van der Waals surface area (Å²) < 4.78 is 4.01. The van der Waals surface area contributed by atoms with Crippen LogP contribution in [0.2, 0.25) is 0 Å². The summed E-state index contributed by atoms with van der Waals surface area (Å²) in [5.41, 5.74) is 0. The summed E-state index contributed by atoms with van der Waals surface area (Å²) in [5, 5.41) is 12.3. The smallest absolute Gasteiger partial charge is 0.202 e. The van der Waals surface area contributed by atoms with E-state index < -0.39 is 0 Å². The summed E-state index contributed by atoms with van der Waals surface area (Å²) in [6.45, 7) is 4.33. The van der Waals surface area contributed by atoms with Crippen LogP contribution in [0.4, 0.5) is 5.13 Å². The van der Waals surface area contributed by atoms with Gasteiger partial charge in [-0.25, -0.2) is 4.98 Å². The van der Waals surface area contributed by atoms with Gasteiger partial charge in [-0.3, -0.25) is 0 Å². The Balaban J connectivity index is 2.39. The summed E-state index contributed by atoms with van der Waals surface area (Å²) in [6.07, 6.45) is 0. The third kappa shape index (κ3) is 2.47. The van der Waals surface area contributed by atoms with Crippen molar-refractivity contribution in [2.24, 2.45) is 5.92 Å². The molecule has 0 aliphatic heterocycles. The summed E-state index contributed by atoms with van der Waals surface area (Å²) in [4.78, 5) is 4.10. The minimum atomic E-state index is 0.00852. The van der Waals surface area contributed by atoms with Crippen LogP contribution in [0, 0.1) is 24.2 Å². The van der Waals surface area contributed by atoms with Crippen LogP contribution in [0.25, 0.3) is 0 Å². The van der Waals surface area contributed by atoms with Crippen molar-refractivity contribution in [1.29, 1.82) is 5.26 Å². The fourth-order valence-electron chi connectivity index (χ4n) is 0.655. The van der Waals surface area contributed by atoms with Crippen LogP contribution < -0.4 is 5.32 Å². The lowest BCUT2D eigenvalue weighted by atomic mass is 10.2. The summed E-state index contributed by atoms with van der Waals surface area (Å²) in [7, 11) is 0. The van der Waals surface area contributed by atoms with E-state index in [2.05, 4.69) is 20.7 Å². The number of nitrogens with zero attached hydrogens (tertiary/aromatic N) is 3. The first-order valence-electron chi connectivity index (χ1n) is 3.66. The minimum absolute atomic E-state index is 0.00852. The van der Waals surface area contributed by atoms with Crippen molar-refractivity contribution in [3.63, 3.8) is 0 Å². The zero-order valence-corrected chi connectivity index (χ0v) is 7.85. The molecular weight excluding hydrogens is 172 g/mol. The van der Waals surface area contributed by atoms with Crippen LogP contribution in [0.3, 0.4) is 0 Å². The van der Waals surface area contributed by atoms with Crippen molar-refractivity contribution in [3.8, 4) is 6.07 Å². The van der Waals surface area contributed by atoms with Gasteiger partial charge >= 0.3 is 0 Å². The highest BCUT2D eigenvalue weighted by Crippen LogP contribution is 2.10. The zero-order chi connectivity index (χ0) is 8.97. The van der Waals surface area contributed by atoms with Gasteiger partial charge in [0.1, 0.15) is 5.82 Å². The lowest BCUT2D eigenvalue weighted by Gasteiger charge is -2.01. The first kappa shape index (κ1) is 8.94. The Labute approximate surface area is 75.4 Å². The van der Waals surface area contributed by atoms with Gasteiger partial charge in [0.05, 0.1) is 12.0 Å². The van der Waals surface area contributed by atoms with Gasteiger partial charge in [0.15, 0.2) is 0 Å². The van der Waals surface area contributed by atoms with E-state index in [0.717, 1.165) is 11.0 Å². The standard InChI is InChI=1S/C7H10N4S/c1-5(3-8)4-9-7-10-6(2)11-12-7/h5H,4H2,1-2H3,(H,9,10,11). The van der Waals surface area contributed by atoms with E-state index in [0.29, 0.717) is 6.54 Å². The van der Waals surface area contributed by atoms with E-state index in [1.54, 1.807) is 0 Å². The molecule has 0 bridgehead atoms. The maximum absolute atomic E-state index is 8.50. The van der Waals surface area contributed by atoms with Crippen molar-refractivity contribution >= 4 is 16.7 Å². The average molecular weight is 182 g/mol. The molecular formula is C7H10N4S. The summed E-state index contributed by atoms with van der Waals surface area (Å²) >= 11 is 1.32. The molecule has 0 amide bonds. The van der Waals surface area contributed by atoms with E-state index in [1.165, 1.54) is 11.5 Å². The predicted molar refractivity (Wildman–Crippen MR) is 47.9 cm³/mol. The van der Waals surface area contributed by atoms with Crippen molar-refractivity contribution in [2.45, 2.75) is 13.8 Å². The molecule has 0 aliphatic rings. The molecule has 4 nitrogen and oxygen atoms in total. The molecule has 0 fully saturated rings. The highest BCUT2D eigenvalue weighted by atomic mass is 32.1. The zero-order valence-electron chi connectivity index (χ0n) is 7.03. The molecule has 12 heavy (non-hydrogen) atoms. The van der Waals surface area contributed by atoms with Crippen LogP contribution in [0.15, 0.2) is 0 Å². The van der Waals surface area contributed by atoms with Gasteiger partial charge in [-0.1, -0.05) is 0 Å². The fraction of sp³-hybridized carbons (Fsp3) is 0.571. The summed E-state index contributed by atoms with van der Waals surface area (Å²) in [6, 6.07) is 2.14. The minimum Gasteiger partial charge on any atom is -0.359 e. The van der Waals surface area contributed by atoms with Crippen LogP contribution in [0.5, 0.6) is 0 Å². The van der Waals surface area contributed by atoms with E-state index in [-0.39, 0.29) is 5.92 Å². The highest BCUT2D eigenvalue weighted by Gasteiger charge is 2.01. The SMILES string of the molecule is Cc1nsc(NCC(C)C#N)n1. The molecule has 1 aromatic rings. The van der Waals surface area contributed by atoms with Gasteiger partial charge < -0.3 is 5.32 Å². The number of aryl methyl sites for hydroxylation is 1. The van der Waals surface area contributed by atoms with Crippen LogP contribution in [0.1, 0.15) is 12.7 Å². The molecule has 5 heteroatoms. The Kier molecular flexibility index (Phi) is 3.00. The van der Waals surface area contributed by atoms with Crippen LogP contribution in [-0.4, -0.2) is 15.9 Å². The molecule has 1 atom stereocenters. The molecule has 1 N–H and O–H groups in total. The van der Waals surface area contributed by atoms with Crippen molar-refractivity contribution in [3.05, 3.63) is 5.82 Å². The third-order valence-electron chi connectivity index (χ3n) is 1.31. The first-order valence-corrected chi connectivity index (χ1v) is 4.43. The maximum atomic E-state index is 8.50. The average Bonchev–Trinajstić information content (AvgIpc) is 2.47. The van der Waals surface area contributed by atoms with Crippen LogP contribution >= 0.6 is 11.5 Å². The Morgan fingerprint density at radius 2 is 2.50 bits per heavy atom. The van der Waals surface area contributed by atoms with Gasteiger partial charge in [-0.2, -0.15) is 9.64 Å². The molecule has 64 valence electrons. The number of hydrogen-bond acceptors (Lipinski definition) is 5. The number of anilines is 1. The quantitative estimate of drug-likeness (QED) is 0.768. The van der Waals surface area contributed by atoms with Crippen LogP contribution in [-0.2, 0) is 0 Å². The number of hydrogen-bond donors (Lipinski definition) is 1. The Bertz CT molecular complexity index is 288. The fourth-order valence-corrected chi connectivity index (χ4v) is 1.24. The largest absolute Gasteiger partial charge is 0.359 e. The predicted octanol–water partition coefficient (Wildman–Crippen LogP) is 1.42. The van der Waals surface area contributed by atoms with E-state index in [1.807, 2.05) is 13.8 Å². The molecule has 0 spiro atoms. The normalized spacial score (nSPS) is 12.1. The lowest BCUT2D eigenvalue weighted by Crippen LogP contribution is -2.08. The molecule has 0 aromatic carbocycles. The van der Waals surface area contributed by atoms with Crippen molar-refractivity contribution in [1.82, 2.24) is 9.36 Å². The molecule has 1 rings (SSSR count). The van der Waals surface area contributed by atoms with Gasteiger partial charge in [0.2, 0.25) is 5.13 Å². The van der Waals surface area contributed by atoms with Gasteiger partial charge in [0.25, 0.3) is 0 Å². The molecule has 1 unspecified atom stereocenters. The topological polar surface area (TPSA) is 61.6 Å². The first-order chi connectivity index (χ1) is 5.72. The third-order valence-corrected chi connectivity index (χ3v) is 2.07. The Morgan fingerprint density at radius 3 is 3.00 bits per heavy atom. The van der Waals surface area contributed by atoms with Gasteiger partial charge in [-0.05, 0) is 13.8 Å². The molecule has 0 saturated heterocycles. The van der Waals surface area contributed by atoms with Crippen molar-refractivity contribution < 1.29 is 0 Å². The second-order valence-electron chi connectivity index (χ2n) is 2.56.